The van der Waals surface area contributed by atoms with Crippen LogP contribution in [0.4, 0.5) is 0 Å². The van der Waals surface area contributed by atoms with Crippen molar-refractivity contribution in [2.45, 2.75) is 19.8 Å². The quantitative estimate of drug-likeness (QED) is 0.770. The summed E-state index contributed by atoms with van der Waals surface area (Å²) in [6.07, 6.45) is 1.45. The van der Waals surface area contributed by atoms with E-state index < -0.39 is 0 Å². The summed E-state index contributed by atoms with van der Waals surface area (Å²) < 4.78 is 0. The van der Waals surface area contributed by atoms with Gasteiger partial charge < -0.3 is 11.1 Å². The summed E-state index contributed by atoms with van der Waals surface area (Å²) in [6, 6.07) is 4.11. The molecule has 0 aliphatic carbocycles. The third kappa shape index (κ3) is 4.95. The molecule has 1 aromatic heterocycles. The maximum Gasteiger partial charge on any atom is 0.220 e. The number of thiophene rings is 1. The van der Waals surface area contributed by atoms with Gasteiger partial charge in [0.05, 0.1) is 0 Å². The number of amides is 1. The van der Waals surface area contributed by atoms with Gasteiger partial charge in [-0.25, -0.2) is 0 Å². The van der Waals surface area contributed by atoms with Crippen LogP contribution in [0.2, 0.25) is 0 Å². The van der Waals surface area contributed by atoms with Crippen LogP contribution in [-0.2, 0) is 11.2 Å². The summed E-state index contributed by atoms with van der Waals surface area (Å²) in [5, 5.41) is 4.95. The van der Waals surface area contributed by atoms with Crippen molar-refractivity contribution in [3.05, 3.63) is 22.4 Å². The highest BCUT2D eigenvalue weighted by Gasteiger charge is 2.06. The number of nitrogens with one attached hydrogen (secondary N) is 1. The van der Waals surface area contributed by atoms with E-state index in [2.05, 4.69) is 11.4 Å². The summed E-state index contributed by atoms with van der Waals surface area (Å²) in [5.74, 6) is 0.372. The van der Waals surface area contributed by atoms with Crippen molar-refractivity contribution in [3.8, 4) is 0 Å². The van der Waals surface area contributed by atoms with Gasteiger partial charge in [0.25, 0.3) is 0 Å². The van der Waals surface area contributed by atoms with Crippen molar-refractivity contribution in [2.75, 3.05) is 13.1 Å². The second-order valence-corrected chi connectivity index (χ2v) is 4.76. The lowest BCUT2D eigenvalue weighted by Gasteiger charge is -2.08. The van der Waals surface area contributed by atoms with Crippen LogP contribution >= 0.6 is 11.3 Å². The van der Waals surface area contributed by atoms with Gasteiger partial charge in [0.15, 0.2) is 0 Å². The maximum atomic E-state index is 11.4. The second kappa shape index (κ2) is 6.58. The Morgan fingerprint density at radius 1 is 1.67 bits per heavy atom. The molecule has 1 rings (SSSR count). The molecule has 1 aromatic rings. The zero-order valence-electron chi connectivity index (χ0n) is 9.03. The van der Waals surface area contributed by atoms with Crippen LogP contribution in [0.15, 0.2) is 17.5 Å². The Bertz CT molecular complexity index is 285. The summed E-state index contributed by atoms with van der Waals surface area (Å²) in [7, 11) is 0. The van der Waals surface area contributed by atoms with E-state index >= 15 is 0 Å². The number of hydrogen-bond acceptors (Lipinski definition) is 3. The number of nitrogens with two attached hydrogens (primary N) is 1. The third-order valence-electron chi connectivity index (χ3n) is 2.21. The largest absolute Gasteiger partial charge is 0.356 e. The van der Waals surface area contributed by atoms with Gasteiger partial charge in [0.2, 0.25) is 5.91 Å². The van der Waals surface area contributed by atoms with E-state index in [0.717, 1.165) is 13.0 Å². The Morgan fingerprint density at radius 2 is 2.47 bits per heavy atom. The standard InChI is InChI=1S/C11H18N2OS/c1-9(8-12)7-11(14)13-5-4-10-3-2-6-15-10/h2-3,6,9H,4-5,7-8,12H2,1H3,(H,13,14). The first-order valence-electron chi connectivity index (χ1n) is 5.21. The molecule has 84 valence electrons. The summed E-state index contributed by atoms with van der Waals surface area (Å²) in [4.78, 5) is 12.7. The molecular formula is C11H18N2OS. The van der Waals surface area contributed by atoms with Crippen LogP contribution in [0.5, 0.6) is 0 Å². The minimum atomic E-state index is 0.101. The van der Waals surface area contributed by atoms with Gasteiger partial charge in [-0.05, 0) is 30.3 Å². The average Bonchev–Trinajstić information content (AvgIpc) is 2.70. The van der Waals surface area contributed by atoms with Crippen molar-refractivity contribution in [1.29, 1.82) is 0 Å². The first-order chi connectivity index (χ1) is 7.22. The lowest BCUT2D eigenvalue weighted by atomic mass is 10.1. The fourth-order valence-electron chi connectivity index (χ4n) is 1.25. The Labute approximate surface area is 94.7 Å². The molecule has 1 unspecified atom stereocenters. The van der Waals surface area contributed by atoms with Crippen molar-refractivity contribution < 1.29 is 4.79 Å². The Kier molecular flexibility index (Phi) is 5.36. The number of carbonyl (C=O) groups is 1. The van der Waals surface area contributed by atoms with Gasteiger partial charge in [0, 0.05) is 17.8 Å². The molecule has 0 aromatic carbocycles. The van der Waals surface area contributed by atoms with Crippen LogP contribution in [0.1, 0.15) is 18.2 Å². The Hall–Kier alpha value is -0.870. The van der Waals surface area contributed by atoms with Crippen molar-refractivity contribution >= 4 is 17.2 Å². The molecule has 4 heteroatoms. The molecule has 3 nitrogen and oxygen atoms in total. The van der Waals surface area contributed by atoms with E-state index in [9.17, 15) is 4.79 Å². The SMILES string of the molecule is CC(CN)CC(=O)NCCc1cccs1. The minimum Gasteiger partial charge on any atom is -0.356 e. The van der Waals surface area contributed by atoms with E-state index in [-0.39, 0.29) is 11.8 Å². The first-order valence-corrected chi connectivity index (χ1v) is 6.09. The summed E-state index contributed by atoms with van der Waals surface area (Å²) >= 11 is 1.72. The molecule has 0 fully saturated rings. The molecule has 0 radical (unpaired) electrons. The molecule has 1 amide bonds. The number of carbonyl (C=O) groups excluding carboxylic acids is 1. The van der Waals surface area contributed by atoms with Crippen LogP contribution in [-0.4, -0.2) is 19.0 Å². The molecule has 0 aliphatic heterocycles. The Morgan fingerprint density at radius 3 is 3.07 bits per heavy atom. The number of rotatable bonds is 6. The molecule has 0 bridgehead atoms. The zero-order chi connectivity index (χ0) is 11.1. The van der Waals surface area contributed by atoms with Gasteiger partial charge in [-0.3, -0.25) is 4.79 Å². The smallest absolute Gasteiger partial charge is 0.220 e. The summed E-state index contributed by atoms with van der Waals surface area (Å²) in [5.41, 5.74) is 5.45. The van der Waals surface area contributed by atoms with E-state index in [0.29, 0.717) is 13.0 Å². The molecule has 0 spiro atoms. The number of hydrogen-bond donors (Lipinski definition) is 2. The predicted molar refractivity (Wildman–Crippen MR) is 63.9 cm³/mol. The van der Waals surface area contributed by atoms with Crippen LogP contribution < -0.4 is 11.1 Å². The van der Waals surface area contributed by atoms with Crippen molar-refractivity contribution in [3.63, 3.8) is 0 Å². The second-order valence-electron chi connectivity index (χ2n) is 3.72. The van der Waals surface area contributed by atoms with E-state index in [1.165, 1.54) is 4.88 Å². The molecule has 0 aliphatic rings. The van der Waals surface area contributed by atoms with Gasteiger partial charge >= 0.3 is 0 Å². The highest BCUT2D eigenvalue weighted by Crippen LogP contribution is 2.08. The molecule has 0 saturated heterocycles. The average molecular weight is 226 g/mol. The van der Waals surface area contributed by atoms with E-state index in [4.69, 9.17) is 5.73 Å². The fourth-order valence-corrected chi connectivity index (χ4v) is 1.96. The molecule has 1 atom stereocenters. The molecule has 1 heterocycles. The zero-order valence-corrected chi connectivity index (χ0v) is 9.85. The van der Waals surface area contributed by atoms with Crippen LogP contribution in [0.3, 0.4) is 0 Å². The topological polar surface area (TPSA) is 55.1 Å². The first kappa shape index (κ1) is 12.2. The van der Waals surface area contributed by atoms with Gasteiger partial charge in [-0.1, -0.05) is 13.0 Å². The normalized spacial score (nSPS) is 12.4. The maximum absolute atomic E-state index is 11.4. The summed E-state index contributed by atoms with van der Waals surface area (Å²) in [6.45, 7) is 3.27. The van der Waals surface area contributed by atoms with Gasteiger partial charge in [0.1, 0.15) is 0 Å². The highest BCUT2D eigenvalue weighted by atomic mass is 32.1. The predicted octanol–water partition coefficient (Wildman–Crippen LogP) is 1.39. The van der Waals surface area contributed by atoms with Crippen LogP contribution in [0.25, 0.3) is 0 Å². The van der Waals surface area contributed by atoms with E-state index in [1.54, 1.807) is 11.3 Å². The molecule has 15 heavy (non-hydrogen) atoms. The Balaban J connectivity index is 2.12. The van der Waals surface area contributed by atoms with Gasteiger partial charge in [-0.2, -0.15) is 0 Å². The molecular weight excluding hydrogens is 208 g/mol. The molecule has 3 N–H and O–H groups in total. The van der Waals surface area contributed by atoms with E-state index in [1.807, 2.05) is 18.4 Å². The lowest BCUT2D eigenvalue weighted by Crippen LogP contribution is -2.28. The van der Waals surface area contributed by atoms with Gasteiger partial charge in [-0.15, -0.1) is 11.3 Å². The van der Waals surface area contributed by atoms with Crippen molar-refractivity contribution in [1.82, 2.24) is 5.32 Å². The third-order valence-corrected chi connectivity index (χ3v) is 3.15. The molecule has 0 saturated carbocycles. The minimum absolute atomic E-state index is 0.101. The van der Waals surface area contributed by atoms with Crippen molar-refractivity contribution in [2.24, 2.45) is 11.7 Å². The fraction of sp³-hybridized carbons (Fsp3) is 0.545. The highest BCUT2D eigenvalue weighted by molar-refractivity contribution is 7.09. The van der Waals surface area contributed by atoms with Crippen LogP contribution in [0, 0.1) is 5.92 Å². The monoisotopic (exact) mass is 226 g/mol. The lowest BCUT2D eigenvalue weighted by molar-refractivity contribution is -0.121.